The third-order valence-electron chi connectivity index (χ3n) is 4.45. The van der Waals surface area contributed by atoms with Crippen LogP contribution in [0, 0.1) is 10.1 Å². The first kappa shape index (κ1) is 19.9. The minimum Gasteiger partial charge on any atom is -0.362 e. The zero-order valence-corrected chi connectivity index (χ0v) is 15.2. The second kappa shape index (κ2) is 7.27. The average molecular weight is 412 g/mol. The van der Waals surface area contributed by atoms with E-state index in [0.717, 1.165) is 23.3 Å². The topological polar surface area (TPSA) is 80.5 Å². The molecule has 0 atom stereocenters. The van der Waals surface area contributed by atoms with Crippen LogP contribution in [0.2, 0.25) is 0 Å². The summed E-state index contributed by atoms with van der Waals surface area (Å²) >= 11 is 0. The van der Waals surface area contributed by atoms with E-state index in [4.69, 9.17) is 0 Å². The van der Waals surface area contributed by atoms with Gasteiger partial charge in [0.1, 0.15) is 5.69 Å². The fourth-order valence-corrected chi connectivity index (χ4v) is 3.80. The highest BCUT2D eigenvalue weighted by Gasteiger charge is 2.47. The maximum Gasteiger partial charge on any atom is 0.501 e. The Bertz CT molecular complexity index is 1030. The van der Waals surface area contributed by atoms with Crippen LogP contribution in [0.5, 0.6) is 0 Å². The van der Waals surface area contributed by atoms with Gasteiger partial charge in [0.15, 0.2) is 0 Å². The van der Waals surface area contributed by atoms with Crippen molar-refractivity contribution >= 4 is 26.8 Å². The number of anilines is 1. The van der Waals surface area contributed by atoms with E-state index in [-0.39, 0.29) is 5.69 Å². The molecule has 0 aromatic heterocycles. The third-order valence-corrected chi connectivity index (χ3v) is 5.94. The number of halogens is 3. The predicted molar refractivity (Wildman–Crippen MR) is 97.6 cm³/mol. The first-order valence-corrected chi connectivity index (χ1v) is 9.69. The Hall–Kier alpha value is -2.88. The molecule has 0 bridgehead atoms. The predicted octanol–water partition coefficient (Wildman–Crippen LogP) is 4.18. The average Bonchev–Trinajstić information content (AvgIpc) is 2.67. The number of sulfone groups is 1. The monoisotopic (exact) mass is 412 g/mol. The number of benzene rings is 2. The van der Waals surface area contributed by atoms with Gasteiger partial charge in [0.25, 0.3) is 15.5 Å². The molecule has 2 aromatic rings. The summed E-state index contributed by atoms with van der Waals surface area (Å²) in [6, 6.07) is 11.8. The Kier molecular flexibility index (Phi) is 5.16. The molecule has 6 nitrogen and oxygen atoms in total. The second-order valence-electron chi connectivity index (χ2n) is 6.15. The molecule has 1 aliphatic heterocycles. The Balaban J connectivity index is 1.93. The van der Waals surface area contributed by atoms with Crippen LogP contribution in [0.25, 0.3) is 5.57 Å². The van der Waals surface area contributed by atoms with Gasteiger partial charge in [-0.15, -0.1) is 0 Å². The summed E-state index contributed by atoms with van der Waals surface area (Å²) in [6.45, 7) is 0.726. The Labute approximate surface area is 159 Å². The Morgan fingerprint density at radius 3 is 2.29 bits per heavy atom. The van der Waals surface area contributed by atoms with Crippen LogP contribution in [0.3, 0.4) is 0 Å². The van der Waals surface area contributed by atoms with Crippen LogP contribution in [0.4, 0.5) is 24.5 Å². The summed E-state index contributed by atoms with van der Waals surface area (Å²) in [6.07, 6.45) is 2.48. The molecule has 0 fully saturated rings. The van der Waals surface area contributed by atoms with Gasteiger partial charge in [0.05, 0.1) is 9.82 Å². The number of rotatable bonds is 4. The van der Waals surface area contributed by atoms with Gasteiger partial charge in [-0.05, 0) is 29.7 Å². The molecule has 10 heteroatoms. The lowest BCUT2D eigenvalue weighted by Crippen LogP contribution is -2.29. The van der Waals surface area contributed by atoms with Gasteiger partial charge in [-0.25, -0.2) is 8.42 Å². The SMILES string of the molecule is O=[N+]([O-])c1cc(S(=O)(=O)C(F)(F)F)ccc1N1CC=C(c2ccccc2)CC1. The molecule has 3 rings (SSSR count). The van der Waals surface area contributed by atoms with Crippen LogP contribution >= 0.6 is 0 Å². The standard InChI is InChI=1S/C18H15F3N2O4S/c19-18(20,21)28(26,27)15-6-7-16(17(12-15)23(24)25)22-10-8-14(9-11-22)13-4-2-1-3-5-13/h1-8,12H,9-11H2. The maximum atomic E-state index is 12.7. The van der Waals surface area contributed by atoms with Gasteiger partial charge in [0, 0.05) is 19.2 Å². The van der Waals surface area contributed by atoms with Gasteiger partial charge in [-0.1, -0.05) is 36.4 Å². The van der Waals surface area contributed by atoms with Crippen molar-refractivity contribution in [2.24, 2.45) is 0 Å². The number of hydrogen-bond donors (Lipinski definition) is 0. The van der Waals surface area contributed by atoms with E-state index in [1.807, 2.05) is 36.4 Å². The van der Waals surface area contributed by atoms with Gasteiger partial charge in [-0.3, -0.25) is 10.1 Å². The van der Waals surface area contributed by atoms with E-state index in [1.165, 1.54) is 0 Å². The molecule has 0 spiro atoms. The summed E-state index contributed by atoms with van der Waals surface area (Å²) in [5.41, 5.74) is -4.03. The van der Waals surface area contributed by atoms with E-state index in [2.05, 4.69) is 0 Å². The van der Waals surface area contributed by atoms with Crippen LogP contribution < -0.4 is 4.90 Å². The first-order chi connectivity index (χ1) is 13.1. The van der Waals surface area contributed by atoms with Crippen molar-refractivity contribution in [3.8, 4) is 0 Å². The van der Waals surface area contributed by atoms with E-state index < -0.39 is 30.9 Å². The smallest absolute Gasteiger partial charge is 0.362 e. The van der Waals surface area contributed by atoms with Gasteiger partial charge in [-0.2, -0.15) is 13.2 Å². The highest BCUT2D eigenvalue weighted by atomic mass is 32.2. The number of alkyl halides is 3. The zero-order valence-electron chi connectivity index (χ0n) is 14.4. The highest BCUT2D eigenvalue weighted by Crippen LogP contribution is 2.37. The molecule has 0 saturated heterocycles. The molecule has 0 radical (unpaired) electrons. The number of nitrogens with zero attached hydrogens (tertiary/aromatic N) is 2. The molecule has 1 aliphatic rings. The molecule has 2 aromatic carbocycles. The van der Waals surface area contributed by atoms with Crippen molar-refractivity contribution in [1.29, 1.82) is 0 Å². The fourth-order valence-electron chi connectivity index (χ4n) is 3.02. The summed E-state index contributed by atoms with van der Waals surface area (Å²) < 4.78 is 61.3. The fraction of sp³-hybridized carbons (Fsp3) is 0.222. The Morgan fingerprint density at radius 1 is 1.07 bits per heavy atom. The van der Waals surface area contributed by atoms with Crippen LogP contribution in [0.15, 0.2) is 59.5 Å². The minimum atomic E-state index is -5.66. The normalized spacial score (nSPS) is 15.2. The zero-order chi connectivity index (χ0) is 20.5. The highest BCUT2D eigenvalue weighted by molar-refractivity contribution is 7.92. The minimum absolute atomic E-state index is 0.0782. The number of nitro groups is 1. The lowest BCUT2D eigenvalue weighted by atomic mass is 9.99. The maximum absolute atomic E-state index is 12.7. The summed E-state index contributed by atoms with van der Waals surface area (Å²) in [5.74, 6) is 0. The molecule has 148 valence electrons. The molecular formula is C18H15F3N2O4S. The molecule has 28 heavy (non-hydrogen) atoms. The van der Waals surface area contributed by atoms with E-state index in [0.29, 0.717) is 25.6 Å². The summed E-state index contributed by atoms with van der Waals surface area (Å²) in [4.78, 5) is 11.0. The summed E-state index contributed by atoms with van der Waals surface area (Å²) in [7, 11) is -5.66. The van der Waals surface area contributed by atoms with Crippen LogP contribution in [-0.2, 0) is 9.84 Å². The van der Waals surface area contributed by atoms with Gasteiger partial charge in [0.2, 0.25) is 0 Å². The van der Waals surface area contributed by atoms with Crippen LogP contribution in [0.1, 0.15) is 12.0 Å². The van der Waals surface area contributed by atoms with E-state index in [9.17, 15) is 31.7 Å². The number of nitro benzene ring substituents is 1. The molecule has 0 amide bonds. The van der Waals surface area contributed by atoms with E-state index >= 15 is 0 Å². The molecule has 1 heterocycles. The van der Waals surface area contributed by atoms with Crippen molar-refractivity contribution in [2.75, 3.05) is 18.0 Å². The van der Waals surface area contributed by atoms with E-state index in [1.54, 1.807) is 4.90 Å². The quantitative estimate of drug-likeness (QED) is 0.556. The van der Waals surface area contributed by atoms with Crippen molar-refractivity contribution in [3.63, 3.8) is 0 Å². The molecule has 0 saturated carbocycles. The van der Waals surface area contributed by atoms with Crippen molar-refractivity contribution in [3.05, 3.63) is 70.3 Å². The third kappa shape index (κ3) is 3.72. The number of hydrogen-bond acceptors (Lipinski definition) is 5. The largest absolute Gasteiger partial charge is 0.501 e. The second-order valence-corrected chi connectivity index (χ2v) is 8.09. The van der Waals surface area contributed by atoms with Crippen molar-refractivity contribution in [2.45, 2.75) is 16.8 Å². The van der Waals surface area contributed by atoms with Crippen molar-refractivity contribution < 1.29 is 26.5 Å². The lowest BCUT2D eigenvalue weighted by Gasteiger charge is -2.28. The summed E-state index contributed by atoms with van der Waals surface area (Å²) in [5, 5.41) is 11.4. The first-order valence-electron chi connectivity index (χ1n) is 8.20. The van der Waals surface area contributed by atoms with Gasteiger partial charge >= 0.3 is 5.51 Å². The Morgan fingerprint density at radius 2 is 1.75 bits per heavy atom. The molecular weight excluding hydrogens is 397 g/mol. The lowest BCUT2D eigenvalue weighted by molar-refractivity contribution is -0.384. The molecule has 0 aliphatic carbocycles. The van der Waals surface area contributed by atoms with Gasteiger partial charge < -0.3 is 4.90 Å². The molecule has 0 unspecified atom stereocenters. The van der Waals surface area contributed by atoms with Crippen molar-refractivity contribution in [1.82, 2.24) is 0 Å². The molecule has 0 N–H and O–H groups in total. The van der Waals surface area contributed by atoms with Crippen LogP contribution in [-0.4, -0.2) is 31.9 Å².